The van der Waals surface area contributed by atoms with Crippen LogP contribution in [0, 0.1) is 11.8 Å². The summed E-state index contributed by atoms with van der Waals surface area (Å²) >= 11 is 0. The second kappa shape index (κ2) is 4.34. The molecule has 20 heavy (non-hydrogen) atoms. The van der Waals surface area contributed by atoms with Crippen molar-refractivity contribution >= 4 is 5.91 Å². The summed E-state index contributed by atoms with van der Waals surface area (Å²) in [4.78, 5) is 15.1. The third-order valence-electron chi connectivity index (χ3n) is 5.77. The van der Waals surface area contributed by atoms with Gasteiger partial charge in [0.15, 0.2) is 0 Å². The Bertz CT molecular complexity index is 550. The van der Waals surface area contributed by atoms with Gasteiger partial charge in [0.1, 0.15) is 0 Å². The predicted octanol–water partition coefficient (Wildman–Crippen LogP) is 3.36. The van der Waals surface area contributed by atoms with Crippen molar-refractivity contribution in [2.45, 2.75) is 57.5 Å². The zero-order valence-corrected chi connectivity index (χ0v) is 12.4. The first-order chi connectivity index (χ1) is 9.68. The zero-order valence-electron chi connectivity index (χ0n) is 12.4. The van der Waals surface area contributed by atoms with Gasteiger partial charge < -0.3 is 4.90 Å². The predicted molar refractivity (Wildman–Crippen MR) is 79.5 cm³/mol. The molecular formula is C18H23NO. The fourth-order valence-electron chi connectivity index (χ4n) is 5.14. The summed E-state index contributed by atoms with van der Waals surface area (Å²) in [7, 11) is 0. The monoisotopic (exact) mass is 269 g/mol. The summed E-state index contributed by atoms with van der Waals surface area (Å²) in [6, 6.07) is 9.68. The summed E-state index contributed by atoms with van der Waals surface area (Å²) in [6.07, 6.45) is 4.72. The number of rotatable bonds is 1. The third kappa shape index (κ3) is 1.54. The molecule has 0 unspecified atom stereocenters. The van der Waals surface area contributed by atoms with E-state index >= 15 is 0 Å². The van der Waals surface area contributed by atoms with E-state index in [-0.39, 0.29) is 5.92 Å². The highest BCUT2D eigenvalue weighted by molar-refractivity contribution is 5.83. The first-order valence-electron chi connectivity index (χ1n) is 8.08. The Morgan fingerprint density at radius 2 is 1.95 bits per heavy atom. The van der Waals surface area contributed by atoms with E-state index < -0.39 is 0 Å². The lowest BCUT2D eigenvalue weighted by Gasteiger charge is -2.42. The smallest absolute Gasteiger partial charge is 0.226 e. The number of fused-ring (bicyclic) bond motifs is 2. The van der Waals surface area contributed by atoms with Crippen LogP contribution >= 0.6 is 0 Å². The molecule has 1 amide bonds. The van der Waals surface area contributed by atoms with Gasteiger partial charge in [-0.15, -0.1) is 0 Å². The summed E-state index contributed by atoms with van der Waals surface area (Å²) < 4.78 is 0. The fraction of sp³-hybridized carbons (Fsp3) is 0.611. The van der Waals surface area contributed by atoms with E-state index in [0.717, 1.165) is 6.42 Å². The lowest BCUT2D eigenvalue weighted by molar-refractivity contribution is -0.133. The Morgan fingerprint density at radius 3 is 2.75 bits per heavy atom. The topological polar surface area (TPSA) is 20.3 Å². The molecule has 106 valence electrons. The molecule has 1 aromatic rings. The normalized spacial score (nSPS) is 35.1. The number of benzene rings is 1. The van der Waals surface area contributed by atoms with E-state index in [9.17, 15) is 4.79 Å². The molecule has 0 bridgehead atoms. The van der Waals surface area contributed by atoms with Crippen LogP contribution in [-0.4, -0.2) is 22.9 Å². The van der Waals surface area contributed by atoms with Crippen LogP contribution in [0.15, 0.2) is 24.3 Å². The van der Waals surface area contributed by atoms with Crippen molar-refractivity contribution in [3.05, 3.63) is 35.4 Å². The van der Waals surface area contributed by atoms with Gasteiger partial charge in [-0.2, -0.15) is 0 Å². The Morgan fingerprint density at radius 1 is 1.15 bits per heavy atom. The molecule has 2 aliphatic carbocycles. The van der Waals surface area contributed by atoms with Crippen molar-refractivity contribution in [2.75, 3.05) is 0 Å². The summed E-state index contributed by atoms with van der Waals surface area (Å²) in [6.45, 7) is 4.35. The van der Waals surface area contributed by atoms with E-state index in [1.54, 1.807) is 0 Å². The van der Waals surface area contributed by atoms with Crippen LogP contribution < -0.4 is 0 Å². The minimum Gasteiger partial charge on any atom is -0.337 e. The summed E-state index contributed by atoms with van der Waals surface area (Å²) in [5.41, 5.74) is 2.97. The third-order valence-corrected chi connectivity index (χ3v) is 5.77. The molecule has 1 saturated carbocycles. The largest absolute Gasteiger partial charge is 0.337 e. The molecule has 1 saturated heterocycles. The van der Waals surface area contributed by atoms with Crippen molar-refractivity contribution in [1.82, 2.24) is 4.90 Å². The van der Waals surface area contributed by atoms with E-state index in [2.05, 4.69) is 43.0 Å². The number of likely N-dealkylation sites (tertiary alicyclic amines) is 1. The van der Waals surface area contributed by atoms with Gasteiger partial charge in [0.05, 0.1) is 0 Å². The Hall–Kier alpha value is -1.31. The quantitative estimate of drug-likeness (QED) is 0.765. The number of hydrogen-bond donors (Lipinski definition) is 0. The van der Waals surface area contributed by atoms with Crippen LogP contribution in [-0.2, 0) is 11.2 Å². The van der Waals surface area contributed by atoms with E-state index in [1.807, 2.05) is 0 Å². The minimum absolute atomic E-state index is 0.252. The molecule has 3 aliphatic rings. The highest BCUT2D eigenvalue weighted by Gasteiger charge is 2.55. The van der Waals surface area contributed by atoms with Crippen LogP contribution in [0.4, 0.5) is 0 Å². The van der Waals surface area contributed by atoms with Crippen LogP contribution in [0.25, 0.3) is 0 Å². The molecule has 2 nitrogen and oxygen atoms in total. The van der Waals surface area contributed by atoms with Crippen molar-refractivity contribution in [3.8, 4) is 0 Å². The van der Waals surface area contributed by atoms with Crippen LogP contribution in [0.5, 0.6) is 0 Å². The van der Waals surface area contributed by atoms with Gasteiger partial charge in [0.25, 0.3) is 0 Å². The van der Waals surface area contributed by atoms with Gasteiger partial charge in [-0.3, -0.25) is 4.79 Å². The molecule has 0 radical (unpaired) electrons. The van der Waals surface area contributed by atoms with E-state index in [1.165, 1.54) is 30.4 Å². The first-order valence-corrected chi connectivity index (χ1v) is 8.08. The lowest BCUT2D eigenvalue weighted by atomic mass is 9.63. The second-order valence-electron chi connectivity index (χ2n) is 7.03. The molecule has 4 rings (SSSR count). The van der Waals surface area contributed by atoms with Crippen LogP contribution in [0.1, 0.15) is 50.2 Å². The molecule has 1 heterocycles. The first kappa shape index (κ1) is 12.4. The summed E-state index contributed by atoms with van der Waals surface area (Å²) in [5.74, 6) is 1.88. The molecule has 0 spiro atoms. The standard InChI is InChI=1S/C18H23NO/c1-11(2)19-16-9-5-8-14-13-7-4-3-6-12(13)10-15(17(14)16)18(19)20/h3-4,6-7,11,14-17H,5,8-10H2,1-2H3/t14-,15+,16+,17-/m0/s1. The van der Waals surface area contributed by atoms with Crippen molar-refractivity contribution in [1.29, 1.82) is 0 Å². The van der Waals surface area contributed by atoms with Gasteiger partial charge in [-0.1, -0.05) is 30.7 Å². The average molecular weight is 269 g/mol. The second-order valence-corrected chi connectivity index (χ2v) is 7.03. The summed E-state index contributed by atoms with van der Waals surface area (Å²) in [5, 5.41) is 0. The SMILES string of the molecule is CC(C)N1C(=O)[C@@H]2Cc3ccccc3[C@@H]3CCC[C@@H]1[C@H]23. The number of carbonyl (C=O) groups excluding carboxylic acids is 1. The van der Waals surface area contributed by atoms with Crippen LogP contribution in [0.3, 0.4) is 0 Å². The van der Waals surface area contributed by atoms with E-state index in [0.29, 0.717) is 29.8 Å². The molecule has 1 aromatic carbocycles. The Kier molecular flexibility index (Phi) is 2.70. The minimum atomic E-state index is 0.252. The van der Waals surface area contributed by atoms with Crippen molar-refractivity contribution in [3.63, 3.8) is 0 Å². The molecule has 1 aliphatic heterocycles. The highest BCUT2D eigenvalue weighted by Crippen LogP contribution is 2.53. The number of nitrogens with zero attached hydrogens (tertiary/aromatic N) is 1. The Labute approximate surface area is 121 Å². The zero-order chi connectivity index (χ0) is 13.9. The maximum absolute atomic E-state index is 12.9. The lowest BCUT2D eigenvalue weighted by Crippen LogP contribution is -2.43. The molecule has 2 fully saturated rings. The van der Waals surface area contributed by atoms with Gasteiger partial charge in [-0.25, -0.2) is 0 Å². The number of amides is 1. The van der Waals surface area contributed by atoms with Gasteiger partial charge in [0.2, 0.25) is 5.91 Å². The van der Waals surface area contributed by atoms with E-state index in [4.69, 9.17) is 0 Å². The Balaban J connectivity index is 1.81. The van der Waals surface area contributed by atoms with Gasteiger partial charge in [-0.05, 0) is 56.1 Å². The number of carbonyl (C=O) groups is 1. The number of hydrogen-bond acceptors (Lipinski definition) is 1. The van der Waals surface area contributed by atoms with Gasteiger partial charge >= 0.3 is 0 Å². The molecule has 2 heteroatoms. The maximum Gasteiger partial charge on any atom is 0.226 e. The average Bonchev–Trinajstić information content (AvgIpc) is 2.73. The molecular weight excluding hydrogens is 246 g/mol. The maximum atomic E-state index is 12.9. The molecule has 0 aromatic heterocycles. The molecule has 4 atom stereocenters. The van der Waals surface area contributed by atoms with Crippen molar-refractivity contribution in [2.24, 2.45) is 11.8 Å². The van der Waals surface area contributed by atoms with Crippen molar-refractivity contribution < 1.29 is 4.79 Å². The van der Waals surface area contributed by atoms with Gasteiger partial charge in [0, 0.05) is 18.0 Å². The fourth-order valence-corrected chi connectivity index (χ4v) is 5.14. The van der Waals surface area contributed by atoms with Crippen LogP contribution in [0.2, 0.25) is 0 Å². The molecule has 0 N–H and O–H groups in total. The highest BCUT2D eigenvalue weighted by atomic mass is 16.2.